The smallest absolute Gasteiger partial charge is 0.326 e. The van der Waals surface area contributed by atoms with Crippen LogP contribution in [-0.4, -0.2) is 54.3 Å². The molecule has 1 aromatic heterocycles. The van der Waals surface area contributed by atoms with Gasteiger partial charge in [0.25, 0.3) is 0 Å². The van der Waals surface area contributed by atoms with Gasteiger partial charge in [-0.25, -0.2) is 9.48 Å². The van der Waals surface area contributed by atoms with Gasteiger partial charge in [-0.15, -0.1) is 5.10 Å². The molecule has 0 radical (unpaired) electrons. The van der Waals surface area contributed by atoms with Gasteiger partial charge in [-0.3, -0.25) is 9.59 Å². The van der Waals surface area contributed by atoms with E-state index in [-0.39, 0.29) is 25.8 Å². The second-order valence-corrected chi connectivity index (χ2v) is 3.75. The lowest BCUT2D eigenvalue weighted by Gasteiger charge is -2.13. The first-order valence-corrected chi connectivity index (χ1v) is 5.43. The molecular formula is C9H13N5O5. The van der Waals surface area contributed by atoms with Crippen molar-refractivity contribution in [1.29, 1.82) is 0 Å². The van der Waals surface area contributed by atoms with Gasteiger partial charge in [-0.1, -0.05) is 0 Å². The number of carboxylic acid groups (broad SMARTS) is 2. The van der Waals surface area contributed by atoms with Crippen molar-refractivity contribution in [2.45, 2.75) is 31.8 Å². The quantitative estimate of drug-likeness (QED) is 0.517. The zero-order chi connectivity index (χ0) is 14.3. The second-order valence-electron chi connectivity index (χ2n) is 3.75. The molecule has 0 spiro atoms. The summed E-state index contributed by atoms with van der Waals surface area (Å²) in [4.78, 5) is 32.7. The summed E-state index contributed by atoms with van der Waals surface area (Å²) in [6, 6.07) is -1.12. The topological polar surface area (TPSA) is 147 Å². The van der Waals surface area contributed by atoms with Gasteiger partial charge < -0.3 is 15.5 Å². The maximum atomic E-state index is 11.5. The highest BCUT2D eigenvalue weighted by Gasteiger charge is 2.20. The highest BCUT2D eigenvalue weighted by Crippen LogP contribution is 2.02. The fourth-order valence-corrected chi connectivity index (χ4v) is 1.35. The van der Waals surface area contributed by atoms with Crippen LogP contribution in [0.5, 0.6) is 0 Å². The summed E-state index contributed by atoms with van der Waals surface area (Å²) in [5.74, 6) is -2.78. The Morgan fingerprint density at radius 2 is 2.05 bits per heavy atom. The Morgan fingerprint density at radius 1 is 1.32 bits per heavy atom. The molecule has 0 aliphatic carbocycles. The zero-order valence-electron chi connectivity index (χ0n) is 9.89. The normalized spacial score (nSPS) is 11.8. The van der Waals surface area contributed by atoms with Crippen molar-refractivity contribution in [1.82, 2.24) is 25.5 Å². The summed E-state index contributed by atoms with van der Waals surface area (Å²) in [7, 11) is 0. The van der Waals surface area contributed by atoms with E-state index in [9.17, 15) is 14.4 Å². The molecule has 3 N–H and O–H groups in total. The van der Waals surface area contributed by atoms with Crippen LogP contribution in [0.25, 0.3) is 0 Å². The number of amides is 1. The van der Waals surface area contributed by atoms with Gasteiger partial charge in [0.2, 0.25) is 5.91 Å². The Morgan fingerprint density at radius 3 is 2.58 bits per heavy atom. The Balaban J connectivity index is 2.42. The Kier molecular flexibility index (Phi) is 5.38. The van der Waals surface area contributed by atoms with Crippen LogP contribution in [0, 0.1) is 0 Å². The Labute approximate surface area is 107 Å². The highest BCUT2D eigenvalue weighted by molar-refractivity contribution is 5.83. The Hall–Kier alpha value is -2.52. The van der Waals surface area contributed by atoms with E-state index in [0.29, 0.717) is 0 Å². The van der Waals surface area contributed by atoms with Gasteiger partial charge in [0.1, 0.15) is 18.9 Å². The van der Waals surface area contributed by atoms with Crippen molar-refractivity contribution in [2.24, 2.45) is 0 Å². The van der Waals surface area contributed by atoms with Gasteiger partial charge in [-0.05, 0) is 23.3 Å². The molecule has 0 unspecified atom stereocenters. The van der Waals surface area contributed by atoms with E-state index in [1.54, 1.807) is 0 Å². The average Bonchev–Trinajstić information content (AvgIpc) is 2.79. The minimum atomic E-state index is -1.21. The number of rotatable bonds is 8. The van der Waals surface area contributed by atoms with E-state index in [0.717, 1.165) is 4.68 Å². The first kappa shape index (κ1) is 14.5. The fourth-order valence-electron chi connectivity index (χ4n) is 1.35. The molecule has 0 aromatic carbocycles. The molecular weight excluding hydrogens is 258 g/mol. The van der Waals surface area contributed by atoms with E-state index < -0.39 is 23.9 Å². The lowest BCUT2D eigenvalue weighted by atomic mass is 10.1. The van der Waals surface area contributed by atoms with Crippen LogP contribution in [0.4, 0.5) is 0 Å². The van der Waals surface area contributed by atoms with Gasteiger partial charge in [0.15, 0.2) is 0 Å². The number of hydrogen-bond donors (Lipinski definition) is 3. The molecule has 1 heterocycles. The van der Waals surface area contributed by atoms with E-state index >= 15 is 0 Å². The number of hydrogen-bond acceptors (Lipinski definition) is 6. The van der Waals surface area contributed by atoms with Gasteiger partial charge in [-0.2, -0.15) is 0 Å². The summed E-state index contributed by atoms with van der Waals surface area (Å²) in [6.07, 6.45) is 1.28. The van der Waals surface area contributed by atoms with Gasteiger partial charge >= 0.3 is 11.9 Å². The third kappa shape index (κ3) is 5.57. The maximum Gasteiger partial charge on any atom is 0.326 e. The second kappa shape index (κ2) is 7.03. The molecule has 0 aliphatic heterocycles. The first-order chi connectivity index (χ1) is 8.99. The van der Waals surface area contributed by atoms with E-state index in [1.807, 2.05) is 0 Å². The number of carboxylic acids is 2. The van der Waals surface area contributed by atoms with Crippen LogP contribution >= 0.6 is 0 Å². The maximum absolute atomic E-state index is 11.5. The summed E-state index contributed by atoms with van der Waals surface area (Å²) in [5.41, 5.74) is 0. The monoisotopic (exact) mass is 271 g/mol. The molecule has 104 valence electrons. The van der Waals surface area contributed by atoms with Crippen LogP contribution < -0.4 is 5.32 Å². The summed E-state index contributed by atoms with van der Waals surface area (Å²) in [6.45, 7) is -0.199. The average molecular weight is 271 g/mol. The largest absolute Gasteiger partial charge is 0.481 e. The van der Waals surface area contributed by atoms with Crippen molar-refractivity contribution in [3.8, 4) is 0 Å². The van der Waals surface area contributed by atoms with E-state index in [4.69, 9.17) is 10.2 Å². The molecule has 19 heavy (non-hydrogen) atoms. The number of aromatic nitrogens is 4. The van der Waals surface area contributed by atoms with Crippen LogP contribution in [0.1, 0.15) is 19.3 Å². The van der Waals surface area contributed by atoms with Crippen molar-refractivity contribution in [3.05, 3.63) is 6.33 Å². The lowest BCUT2D eigenvalue weighted by molar-refractivity contribution is -0.142. The minimum Gasteiger partial charge on any atom is -0.481 e. The molecule has 1 aromatic rings. The number of nitrogens with one attached hydrogen (secondary N) is 1. The van der Waals surface area contributed by atoms with Gasteiger partial charge in [0.05, 0.1) is 0 Å². The van der Waals surface area contributed by atoms with Crippen LogP contribution in [-0.2, 0) is 20.9 Å². The summed E-state index contributed by atoms with van der Waals surface area (Å²) in [5, 5.41) is 29.8. The molecule has 0 saturated heterocycles. The molecule has 10 nitrogen and oxygen atoms in total. The number of carbonyl (C=O) groups is 3. The predicted octanol–water partition coefficient (Wildman–Crippen LogP) is -1.50. The molecule has 10 heteroatoms. The van der Waals surface area contributed by atoms with E-state index in [1.165, 1.54) is 6.33 Å². The van der Waals surface area contributed by atoms with Gasteiger partial charge in [0, 0.05) is 6.42 Å². The molecule has 0 fully saturated rings. The predicted molar refractivity (Wildman–Crippen MR) is 58.9 cm³/mol. The van der Waals surface area contributed by atoms with Crippen LogP contribution in [0.15, 0.2) is 6.33 Å². The third-order valence-electron chi connectivity index (χ3n) is 2.21. The Bertz CT molecular complexity index is 446. The summed E-state index contributed by atoms with van der Waals surface area (Å²) < 4.78 is 1.14. The van der Waals surface area contributed by atoms with Crippen molar-refractivity contribution >= 4 is 17.8 Å². The van der Waals surface area contributed by atoms with Crippen molar-refractivity contribution in [2.75, 3.05) is 0 Å². The number of carbonyl (C=O) groups excluding carboxylic acids is 1. The van der Waals surface area contributed by atoms with Crippen LogP contribution in [0.3, 0.4) is 0 Å². The molecule has 1 rings (SSSR count). The number of tetrazole rings is 1. The minimum absolute atomic E-state index is 0.0446. The fraction of sp³-hybridized carbons (Fsp3) is 0.556. The molecule has 1 amide bonds. The molecule has 0 aliphatic rings. The van der Waals surface area contributed by atoms with E-state index in [2.05, 4.69) is 20.8 Å². The van der Waals surface area contributed by atoms with Crippen LogP contribution in [0.2, 0.25) is 0 Å². The molecule has 0 saturated carbocycles. The third-order valence-corrected chi connectivity index (χ3v) is 2.21. The standard InChI is InChI=1S/C9H13N5O5/c15-7(4-14-5-10-12-13-14)11-6(9(18)19)2-1-3-8(16)17/h5-6H,1-4H2,(H,11,15)(H,16,17)(H,18,19)/t6-/m1/s1. The lowest BCUT2D eigenvalue weighted by Crippen LogP contribution is -2.42. The van der Waals surface area contributed by atoms with Crippen molar-refractivity contribution < 1.29 is 24.6 Å². The summed E-state index contributed by atoms with van der Waals surface area (Å²) >= 11 is 0. The van der Waals surface area contributed by atoms with Crippen molar-refractivity contribution in [3.63, 3.8) is 0 Å². The molecule has 0 bridgehead atoms. The first-order valence-electron chi connectivity index (χ1n) is 5.43. The number of aliphatic carboxylic acids is 2. The highest BCUT2D eigenvalue weighted by atomic mass is 16.4. The SMILES string of the molecule is O=C(O)CCC[C@@H](NC(=O)Cn1cnnn1)C(=O)O. The molecule has 1 atom stereocenters. The zero-order valence-corrected chi connectivity index (χ0v) is 9.89. The number of nitrogens with zero attached hydrogens (tertiary/aromatic N) is 4.